The van der Waals surface area contributed by atoms with Gasteiger partial charge in [0.15, 0.2) is 5.82 Å². The zero-order valence-electron chi connectivity index (χ0n) is 36.7. The molecule has 4 aromatic rings. The number of primary amides is 1. The van der Waals surface area contributed by atoms with Crippen LogP contribution in [0.2, 0.25) is 0 Å². The van der Waals surface area contributed by atoms with Crippen LogP contribution < -0.4 is 25.6 Å². The fourth-order valence-corrected chi connectivity index (χ4v) is 11.7. The van der Waals surface area contributed by atoms with E-state index in [1.807, 2.05) is 39.8 Å². The lowest BCUT2D eigenvalue weighted by Crippen LogP contribution is -2.64. The number of rotatable bonds is 10. The molecule has 3 N–H and O–H groups in total. The molecular weight excluding hydrogens is 816 g/mol. The number of hydrogen-bond acceptors (Lipinski definition) is 11. The van der Waals surface area contributed by atoms with Crippen LogP contribution in [0.15, 0.2) is 60.8 Å². The number of amides is 5. The minimum atomic E-state index is -0.996. The van der Waals surface area contributed by atoms with Gasteiger partial charge in [0.1, 0.15) is 24.0 Å². The van der Waals surface area contributed by atoms with E-state index in [0.717, 1.165) is 68.0 Å². The maximum atomic E-state index is 17.1. The van der Waals surface area contributed by atoms with Gasteiger partial charge < -0.3 is 20.3 Å². The molecule has 64 heavy (non-hydrogen) atoms. The molecular formula is C49H53FN8O6. The van der Waals surface area contributed by atoms with Gasteiger partial charge in [0.25, 0.3) is 11.8 Å². The lowest BCUT2D eigenvalue weighted by molar-refractivity contribution is -0.160. The first-order valence-electron chi connectivity index (χ1n) is 22.2. The highest BCUT2D eigenvalue weighted by Crippen LogP contribution is 2.66. The smallest absolute Gasteiger partial charge is 0.262 e. The molecule has 4 aliphatic heterocycles. The van der Waals surface area contributed by atoms with E-state index in [2.05, 4.69) is 31.1 Å². The molecule has 1 aromatic heterocycles. The summed E-state index contributed by atoms with van der Waals surface area (Å²) in [6.45, 7) is 13.7. The molecule has 1 unspecified atom stereocenters. The Morgan fingerprint density at radius 1 is 0.906 bits per heavy atom. The van der Waals surface area contributed by atoms with E-state index in [-0.39, 0.29) is 35.6 Å². The largest absolute Gasteiger partial charge is 0.489 e. The lowest BCUT2D eigenvalue weighted by atomic mass is 9.43. The summed E-state index contributed by atoms with van der Waals surface area (Å²) in [7, 11) is 0. The number of nitrogens with zero attached hydrogens (tertiary/aromatic N) is 6. The van der Waals surface area contributed by atoms with Crippen LogP contribution in [0.1, 0.15) is 108 Å². The molecule has 14 nitrogen and oxygen atoms in total. The quantitative estimate of drug-likeness (QED) is 0.185. The summed E-state index contributed by atoms with van der Waals surface area (Å²) >= 11 is 0. The molecule has 0 radical (unpaired) electrons. The third-order valence-electron chi connectivity index (χ3n) is 14.6. The first-order valence-corrected chi connectivity index (χ1v) is 22.2. The highest BCUT2D eigenvalue weighted by atomic mass is 19.1. The number of nitrogens with one attached hydrogen (secondary N) is 1. The van der Waals surface area contributed by atoms with Crippen molar-refractivity contribution in [3.05, 3.63) is 94.4 Å². The van der Waals surface area contributed by atoms with Crippen LogP contribution in [-0.2, 0) is 9.59 Å². The zero-order chi connectivity index (χ0) is 45.2. The van der Waals surface area contributed by atoms with Crippen LogP contribution in [-0.4, -0.2) is 102 Å². The molecule has 0 bridgehead atoms. The minimum absolute atomic E-state index is 0.0739. The van der Waals surface area contributed by atoms with Gasteiger partial charge in [-0.15, -0.1) is 0 Å². The number of fused-ring (bicyclic) bond motifs is 2. The molecule has 1 aliphatic carbocycles. The molecule has 3 aromatic carbocycles. The van der Waals surface area contributed by atoms with E-state index in [1.54, 1.807) is 48.7 Å². The van der Waals surface area contributed by atoms with Crippen LogP contribution >= 0.6 is 0 Å². The second-order valence-corrected chi connectivity index (χ2v) is 19.1. The Kier molecular flexibility index (Phi) is 10.9. The fourth-order valence-electron chi connectivity index (χ4n) is 11.7. The molecule has 15 heteroatoms. The number of benzene rings is 3. The van der Waals surface area contributed by atoms with E-state index in [1.165, 1.54) is 0 Å². The van der Waals surface area contributed by atoms with Gasteiger partial charge in [-0.2, -0.15) is 5.26 Å². The minimum Gasteiger partial charge on any atom is -0.489 e. The summed E-state index contributed by atoms with van der Waals surface area (Å²) in [5.74, 6) is -2.44. The van der Waals surface area contributed by atoms with Crippen molar-refractivity contribution in [1.82, 2.24) is 20.1 Å². The Morgan fingerprint density at radius 3 is 2.31 bits per heavy atom. The predicted molar refractivity (Wildman–Crippen MR) is 237 cm³/mol. The molecule has 9 rings (SSSR count). The van der Waals surface area contributed by atoms with Crippen molar-refractivity contribution >= 4 is 51.8 Å². The van der Waals surface area contributed by atoms with E-state index in [0.29, 0.717) is 47.1 Å². The Hall–Kier alpha value is -6.40. The van der Waals surface area contributed by atoms with Gasteiger partial charge in [0.05, 0.1) is 27.9 Å². The van der Waals surface area contributed by atoms with Gasteiger partial charge >= 0.3 is 0 Å². The van der Waals surface area contributed by atoms with Gasteiger partial charge in [-0.3, -0.25) is 44.1 Å². The maximum absolute atomic E-state index is 17.1. The SMILES string of the molecule is CC1(C)C(Oc2ccc(C#N)c3ncccc23)C(C)(C)C1c1c(C(N)=O)ccc(N2CCC(CCN3CCN(c4ccc5c(c4)C(=O)N(C4CCC(=O)NC4=O)C5=O)CC3)CC2)c1F. The van der Waals surface area contributed by atoms with Gasteiger partial charge in [-0.1, -0.05) is 27.7 Å². The number of carbonyl (C=O) groups is 5. The molecule has 3 saturated heterocycles. The van der Waals surface area contributed by atoms with E-state index in [4.69, 9.17) is 10.5 Å². The van der Waals surface area contributed by atoms with Crippen molar-refractivity contribution in [2.45, 2.75) is 77.9 Å². The third kappa shape index (κ3) is 7.21. The monoisotopic (exact) mass is 868 g/mol. The number of imide groups is 2. The van der Waals surface area contributed by atoms with Crippen LogP contribution in [0.25, 0.3) is 10.9 Å². The number of ether oxygens (including phenoxy) is 1. The summed E-state index contributed by atoms with van der Waals surface area (Å²) < 4.78 is 23.9. The Bertz CT molecular complexity index is 2630. The summed E-state index contributed by atoms with van der Waals surface area (Å²) in [5.41, 5.74) is 8.15. The number of nitrogens with two attached hydrogens (primary N) is 1. The first kappa shape index (κ1) is 42.9. The molecule has 332 valence electrons. The highest BCUT2D eigenvalue weighted by Gasteiger charge is 2.65. The average molecular weight is 869 g/mol. The Morgan fingerprint density at radius 2 is 1.62 bits per heavy atom. The average Bonchev–Trinajstić information content (AvgIpc) is 3.52. The topological polar surface area (TPSA) is 182 Å². The molecule has 4 fully saturated rings. The maximum Gasteiger partial charge on any atom is 0.262 e. The summed E-state index contributed by atoms with van der Waals surface area (Å²) in [6.07, 6.45) is 4.32. The molecule has 1 atom stereocenters. The molecule has 5 heterocycles. The number of anilines is 2. The first-order chi connectivity index (χ1) is 30.6. The number of piperidine rings is 2. The summed E-state index contributed by atoms with van der Waals surface area (Å²) in [5, 5.41) is 12.6. The molecule has 5 amide bonds. The Labute approximate surface area is 371 Å². The number of hydrogen-bond donors (Lipinski definition) is 2. The van der Waals surface area contributed by atoms with E-state index in [9.17, 15) is 29.2 Å². The zero-order valence-corrected chi connectivity index (χ0v) is 36.7. The van der Waals surface area contributed by atoms with Gasteiger partial charge in [-0.25, -0.2) is 4.39 Å². The van der Waals surface area contributed by atoms with Crippen molar-refractivity contribution in [2.24, 2.45) is 22.5 Å². The van der Waals surface area contributed by atoms with Crippen LogP contribution in [0, 0.1) is 33.9 Å². The van der Waals surface area contributed by atoms with Gasteiger partial charge in [0, 0.05) is 90.8 Å². The number of carbonyl (C=O) groups excluding carboxylic acids is 5. The third-order valence-corrected chi connectivity index (χ3v) is 14.6. The van der Waals surface area contributed by atoms with Crippen molar-refractivity contribution in [1.29, 1.82) is 5.26 Å². The molecule has 1 saturated carbocycles. The van der Waals surface area contributed by atoms with Crippen molar-refractivity contribution in [3.63, 3.8) is 0 Å². The van der Waals surface area contributed by atoms with E-state index >= 15 is 4.39 Å². The van der Waals surface area contributed by atoms with Gasteiger partial charge in [0.2, 0.25) is 17.7 Å². The van der Waals surface area contributed by atoms with Gasteiger partial charge in [-0.05, 0) is 92.7 Å². The van der Waals surface area contributed by atoms with Crippen molar-refractivity contribution in [2.75, 3.05) is 55.6 Å². The second-order valence-electron chi connectivity index (χ2n) is 19.1. The number of nitriles is 1. The number of halogens is 1. The van der Waals surface area contributed by atoms with Crippen LogP contribution in [0.5, 0.6) is 5.75 Å². The number of piperazine rings is 1. The summed E-state index contributed by atoms with van der Waals surface area (Å²) in [6, 6.07) is 17.0. The number of aromatic nitrogens is 1. The van der Waals surface area contributed by atoms with Crippen molar-refractivity contribution < 1.29 is 33.1 Å². The van der Waals surface area contributed by atoms with Crippen LogP contribution in [0.4, 0.5) is 15.8 Å². The van der Waals surface area contributed by atoms with Crippen molar-refractivity contribution in [3.8, 4) is 11.8 Å². The Balaban J connectivity index is 0.809. The standard InChI is InChI=1S/C49H53FN8O6/c1-48(2)42(49(3,4)47(48)64-37-13-7-29(27-51)41-32(37)6-5-18-53-41)39-33(43(52)60)10-11-35(40(39)50)57-20-16-28(17-21-57)15-19-55-22-24-56(25-23-55)30-8-9-31-34(26-30)46(63)58(45(31)62)36-12-14-38(59)54-44(36)61/h5-11,13,18,26,28,36,42,47H,12,14-17,19-25H2,1-4H3,(H2,52,60)(H,54,59,61). The fraction of sp³-hybridized carbons (Fsp3) is 0.449. The predicted octanol–water partition coefficient (Wildman–Crippen LogP) is 5.77. The highest BCUT2D eigenvalue weighted by molar-refractivity contribution is 6.23. The van der Waals surface area contributed by atoms with Crippen LogP contribution in [0.3, 0.4) is 0 Å². The lowest BCUT2D eigenvalue weighted by Gasteiger charge is -2.63. The normalized spacial score (nSPS) is 23.4. The van der Waals surface area contributed by atoms with E-state index < -0.39 is 58.1 Å². The molecule has 5 aliphatic rings. The summed E-state index contributed by atoms with van der Waals surface area (Å²) in [4.78, 5) is 75.8. The second kappa shape index (κ2) is 16.3. The number of pyridine rings is 1. The molecule has 0 spiro atoms.